The van der Waals surface area contributed by atoms with Crippen LogP contribution in [0.4, 0.5) is 0 Å². The molecule has 0 saturated carbocycles. The Bertz CT molecular complexity index is 622. The highest BCUT2D eigenvalue weighted by molar-refractivity contribution is 5.93. The molecule has 0 atom stereocenters. The smallest absolute Gasteiger partial charge is 0.253 e. The number of pyridine rings is 1. The lowest BCUT2D eigenvalue weighted by atomic mass is 10.1. The Balaban J connectivity index is 1.50. The van der Waals surface area contributed by atoms with E-state index in [1.165, 1.54) is 5.56 Å². The topological polar surface area (TPSA) is 54.5 Å². The van der Waals surface area contributed by atoms with E-state index in [0.29, 0.717) is 12.1 Å². The van der Waals surface area contributed by atoms with E-state index in [1.54, 1.807) is 24.5 Å². The molecular weight excluding hydrogens is 290 g/mol. The zero-order valence-corrected chi connectivity index (χ0v) is 13.1. The van der Waals surface area contributed by atoms with Crippen LogP contribution in [-0.4, -0.2) is 42.1 Å². The van der Waals surface area contributed by atoms with Crippen molar-refractivity contribution in [3.05, 3.63) is 65.5 Å². The highest BCUT2D eigenvalue weighted by Gasteiger charge is 2.10. The van der Waals surface area contributed by atoms with Crippen LogP contribution in [0.1, 0.15) is 21.5 Å². The maximum absolute atomic E-state index is 12.0. The fourth-order valence-corrected chi connectivity index (χ4v) is 2.56. The Hall–Kier alpha value is -2.24. The van der Waals surface area contributed by atoms with Gasteiger partial charge in [-0.3, -0.25) is 14.7 Å². The van der Waals surface area contributed by atoms with E-state index in [9.17, 15) is 4.79 Å². The molecule has 3 rings (SSSR count). The summed E-state index contributed by atoms with van der Waals surface area (Å²) in [6, 6.07) is 11.9. The number of carbonyl (C=O) groups excluding carboxylic acids is 1. The standard InChI is InChI=1S/C18H21N3O2/c22-18(17-2-1-7-19-13-17)20-12-15-3-5-16(6-4-15)14-21-8-10-23-11-9-21/h1-7,13H,8-12,14H2,(H,20,22). The summed E-state index contributed by atoms with van der Waals surface area (Å²) < 4.78 is 5.36. The van der Waals surface area contributed by atoms with E-state index in [0.717, 1.165) is 38.4 Å². The Labute approximate surface area is 136 Å². The molecule has 1 aliphatic rings. The minimum atomic E-state index is -0.101. The van der Waals surface area contributed by atoms with Crippen molar-refractivity contribution in [3.63, 3.8) is 0 Å². The summed E-state index contributed by atoms with van der Waals surface area (Å²) in [4.78, 5) is 18.3. The molecule has 1 aliphatic heterocycles. The van der Waals surface area contributed by atoms with E-state index < -0.39 is 0 Å². The van der Waals surface area contributed by atoms with Crippen LogP contribution < -0.4 is 5.32 Å². The maximum Gasteiger partial charge on any atom is 0.253 e. The van der Waals surface area contributed by atoms with Crippen molar-refractivity contribution in [2.24, 2.45) is 0 Å². The predicted molar refractivity (Wildman–Crippen MR) is 87.9 cm³/mol. The number of morpholine rings is 1. The van der Waals surface area contributed by atoms with Gasteiger partial charge < -0.3 is 10.1 Å². The SMILES string of the molecule is O=C(NCc1ccc(CN2CCOCC2)cc1)c1cccnc1. The summed E-state index contributed by atoms with van der Waals surface area (Å²) in [6.07, 6.45) is 3.23. The number of hydrogen-bond donors (Lipinski definition) is 1. The first-order valence-corrected chi connectivity index (χ1v) is 7.87. The third-order valence-corrected chi connectivity index (χ3v) is 3.91. The molecule has 1 fully saturated rings. The van der Waals surface area contributed by atoms with Crippen molar-refractivity contribution >= 4 is 5.91 Å². The molecule has 0 bridgehead atoms. The molecule has 5 nitrogen and oxygen atoms in total. The van der Waals surface area contributed by atoms with Crippen molar-refractivity contribution in [2.75, 3.05) is 26.3 Å². The number of nitrogens with one attached hydrogen (secondary N) is 1. The van der Waals surface area contributed by atoms with E-state index in [4.69, 9.17) is 4.74 Å². The number of hydrogen-bond acceptors (Lipinski definition) is 4. The first-order chi connectivity index (χ1) is 11.3. The van der Waals surface area contributed by atoms with Crippen LogP contribution in [0, 0.1) is 0 Å². The lowest BCUT2D eigenvalue weighted by Gasteiger charge is -2.26. The molecule has 1 N–H and O–H groups in total. The predicted octanol–water partition coefficient (Wildman–Crippen LogP) is 1.84. The second-order valence-electron chi connectivity index (χ2n) is 5.63. The Morgan fingerprint density at radius 2 is 1.87 bits per heavy atom. The molecule has 1 saturated heterocycles. The summed E-state index contributed by atoms with van der Waals surface area (Å²) >= 11 is 0. The van der Waals surface area contributed by atoms with Gasteiger partial charge in [-0.15, -0.1) is 0 Å². The summed E-state index contributed by atoms with van der Waals surface area (Å²) in [6.45, 7) is 5.08. The average molecular weight is 311 g/mol. The van der Waals surface area contributed by atoms with Crippen LogP contribution in [0.15, 0.2) is 48.8 Å². The highest BCUT2D eigenvalue weighted by Crippen LogP contribution is 2.09. The highest BCUT2D eigenvalue weighted by atomic mass is 16.5. The second kappa shape index (κ2) is 7.85. The molecule has 23 heavy (non-hydrogen) atoms. The van der Waals surface area contributed by atoms with Gasteiger partial charge in [0.25, 0.3) is 5.91 Å². The number of amides is 1. The molecule has 0 radical (unpaired) electrons. The van der Waals surface area contributed by atoms with Gasteiger partial charge in [0.2, 0.25) is 0 Å². The van der Waals surface area contributed by atoms with Crippen molar-refractivity contribution in [2.45, 2.75) is 13.1 Å². The third-order valence-electron chi connectivity index (χ3n) is 3.91. The van der Waals surface area contributed by atoms with Crippen LogP contribution in [0.5, 0.6) is 0 Å². The average Bonchev–Trinajstić information content (AvgIpc) is 2.62. The lowest BCUT2D eigenvalue weighted by molar-refractivity contribution is 0.0342. The van der Waals surface area contributed by atoms with Gasteiger partial charge in [-0.05, 0) is 23.3 Å². The number of rotatable bonds is 5. The number of benzene rings is 1. The number of carbonyl (C=O) groups is 1. The second-order valence-corrected chi connectivity index (χ2v) is 5.63. The van der Waals surface area contributed by atoms with E-state index in [1.807, 2.05) is 0 Å². The molecule has 0 unspecified atom stereocenters. The summed E-state index contributed by atoms with van der Waals surface area (Å²) in [5.41, 5.74) is 2.96. The van der Waals surface area contributed by atoms with Gasteiger partial charge in [-0.25, -0.2) is 0 Å². The quantitative estimate of drug-likeness (QED) is 0.915. The normalized spacial score (nSPS) is 15.3. The minimum absolute atomic E-state index is 0.101. The van der Waals surface area contributed by atoms with Crippen LogP contribution in [0.25, 0.3) is 0 Å². The monoisotopic (exact) mass is 311 g/mol. The number of aromatic nitrogens is 1. The minimum Gasteiger partial charge on any atom is -0.379 e. The van der Waals surface area contributed by atoms with Crippen LogP contribution >= 0.6 is 0 Å². The molecule has 1 aromatic carbocycles. The van der Waals surface area contributed by atoms with Crippen LogP contribution in [0.3, 0.4) is 0 Å². The molecular formula is C18H21N3O2. The van der Waals surface area contributed by atoms with Gasteiger partial charge in [-0.1, -0.05) is 24.3 Å². The lowest BCUT2D eigenvalue weighted by Crippen LogP contribution is -2.35. The van der Waals surface area contributed by atoms with Crippen molar-refractivity contribution in [1.82, 2.24) is 15.2 Å². The molecule has 0 aliphatic carbocycles. The Morgan fingerprint density at radius 3 is 2.57 bits per heavy atom. The van der Waals surface area contributed by atoms with Gasteiger partial charge in [0.1, 0.15) is 0 Å². The fraction of sp³-hybridized carbons (Fsp3) is 0.333. The van der Waals surface area contributed by atoms with Gasteiger partial charge in [-0.2, -0.15) is 0 Å². The van der Waals surface area contributed by atoms with Crippen molar-refractivity contribution in [1.29, 1.82) is 0 Å². The molecule has 2 aromatic rings. The molecule has 120 valence electrons. The van der Waals surface area contributed by atoms with E-state index >= 15 is 0 Å². The summed E-state index contributed by atoms with van der Waals surface area (Å²) in [5.74, 6) is -0.101. The number of ether oxygens (including phenoxy) is 1. The zero-order chi connectivity index (χ0) is 15.9. The number of nitrogens with zero attached hydrogens (tertiary/aromatic N) is 2. The van der Waals surface area contributed by atoms with Gasteiger partial charge in [0.05, 0.1) is 18.8 Å². The van der Waals surface area contributed by atoms with Crippen molar-refractivity contribution < 1.29 is 9.53 Å². The van der Waals surface area contributed by atoms with Crippen molar-refractivity contribution in [3.8, 4) is 0 Å². The zero-order valence-electron chi connectivity index (χ0n) is 13.1. The largest absolute Gasteiger partial charge is 0.379 e. The molecule has 5 heteroatoms. The Kier molecular flexibility index (Phi) is 5.34. The van der Waals surface area contributed by atoms with Crippen LogP contribution in [0.2, 0.25) is 0 Å². The molecule has 1 aromatic heterocycles. The van der Waals surface area contributed by atoms with E-state index in [2.05, 4.69) is 39.5 Å². The summed E-state index contributed by atoms with van der Waals surface area (Å²) in [5, 5.41) is 2.91. The maximum atomic E-state index is 12.0. The molecule has 2 heterocycles. The van der Waals surface area contributed by atoms with Gasteiger partial charge in [0, 0.05) is 38.6 Å². The fourth-order valence-electron chi connectivity index (χ4n) is 2.56. The van der Waals surface area contributed by atoms with Gasteiger partial charge >= 0.3 is 0 Å². The Morgan fingerprint density at radius 1 is 1.13 bits per heavy atom. The molecule has 1 amide bonds. The third kappa shape index (κ3) is 4.61. The van der Waals surface area contributed by atoms with Gasteiger partial charge in [0.15, 0.2) is 0 Å². The molecule has 0 spiro atoms. The first-order valence-electron chi connectivity index (χ1n) is 7.87. The summed E-state index contributed by atoms with van der Waals surface area (Å²) in [7, 11) is 0. The van der Waals surface area contributed by atoms with E-state index in [-0.39, 0.29) is 5.91 Å². The van der Waals surface area contributed by atoms with Crippen LogP contribution in [-0.2, 0) is 17.8 Å². The first kappa shape index (κ1) is 15.6.